The maximum atomic E-state index is 13.1. The van der Waals surface area contributed by atoms with Gasteiger partial charge in [-0.3, -0.25) is 14.7 Å². The minimum atomic E-state index is -0.226. The smallest absolute Gasteiger partial charge is 0.224 e. The second-order valence-electron chi connectivity index (χ2n) is 8.61. The van der Waals surface area contributed by atoms with Crippen LogP contribution in [0.4, 0.5) is 10.1 Å². The standard InChI is InChI=1S/C23H35FN6O2/c1-25-23(30-9-7-21(18-30)28-14-16-32-17-15-28)26-8-6-22(31)29-12-10-27(11-13-29)20-4-2-19(24)3-5-20/h2-5,21H,6-18H2,1H3,(H,25,26). The molecule has 176 valence electrons. The first kappa shape index (κ1) is 22.8. The molecule has 3 fully saturated rings. The summed E-state index contributed by atoms with van der Waals surface area (Å²) in [5.41, 5.74) is 1.00. The molecule has 32 heavy (non-hydrogen) atoms. The molecule has 0 saturated carbocycles. The molecule has 1 atom stereocenters. The summed E-state index contributed by atoms with van der Waals surface area (Å²) >= 11 is 0. The van der Waals surface area contributed by atoms with Crippen LogP contribution < -0.4 is 10.2 Å². The van der Waals surface area contributed by atoms with Gasteiger partial charge < -0.3 is 24.8 Å². The van der Waals surface area contributed by atoms with E-state index in [4.69, 9.17) is 4.74 Å². The first-order valence-corrected chi connectivity index (χ1v) is 11.7. The average Bonchev–Trinajstić information content (AvgIpc) is 3.33. The Morgan fingerprint density at radius 3 is 2.47 bits per heavy atom. The summed E-state index contributed by atoms with van der Waals surface area (Å²) in [5, 5.41) is 3.38. The molecule has 1 aromatic rings. The summed E-state index contributed by atoms with van der Waals surface area (Å²) in [5.74, 6) is 0.824. The lowest BCUT2D eigenvalue weighted by Gasteiger charge is -2.36. The fourth-order valence-electron chi connectivity index (χ4n) is 4.81. The van der Waals surface area contributed by atoms with Gasteiger partial charge >= 0.3 is 0 Å². The van der Waals surface area contributed by atoms with E-state index in [9.17, 15) is 9.18 Å². The lowest BCUT2D eigenvalue weighted by atomic mass is 10.2. The van der Waals surface area contributed by atoms with E-state index in [1.807, 2.05) is 4.90 Å². The summed E-state index contributed by atoms with van der Waals surface area (Å²) in [7, 11) is 1.81. The largest absolute Gasteiger partial charge is 0.379 e. The fraction of sp³-hybridized carbons (Fsp3) is 0.652. The summed E-state index contributed by atoms with van der Waals surface area (Å²) in [6.45, 7) is 9.12. The number of benzene rings is 1. The highest BCUT2D eigenvalue weighted by Crippen LogP contribution is 2.18. The zero-order valence-corrected chi connectivity index (χ0v) is 19.0. The number of rotatable bonds is 5. The van der Waals surface area contributed by atoms with Crippen molar-refractivity contribution in [1.82, 2.24) is 20.0 Å². The quantitative estimate of drug-likeness (QED) is 0.535. The van der Waals surface area contributed by atoms with Crippen molar-refractivity contribution < 1.29 is 13.9 Å². The van der Waals surface area contributed by atoms with Crippen LogP contribution in [-0.4, -0.2) is 112 Å². The van der Waals surface area contributed by atoms with Crippen LogP contribution in [0.15, 0.2) is 29.3 Å². The molecule has 0 aromatic heterocycles. The van der Waals surface area contributed by atoms with Gasteiger partial charge in [0.15, 0.2) is 5.96 Å². The van der Waals surface area contributed by atoms with Gasteiger partial charge in [0.25, 0.3) is 0 Å². The summed E-state index contributed by atoms with van der Waals surface area (Å²) in [4.78, 5) is 26.1. The van der Waals surface area contributed by atoms with Gasteiger partial charge in [-0.1, -0.05) is 0 Å². The first-order chi connectivity index (χ1) is 15.6. The third-order valence-electron chi connectivity index (χ3n) is 6.68. The molecule has 4 rings (SSSR count). The second kappa shape index (κ2) is 11.0. The summed E-state index contributed by atoms with van der Waals surface area (Å²) < 4.78 is 18.6. The Balaban J connectivity index is 1.17. The van der Waals surface area contributed by atoms with Crippen LogP contribution in [0.1, 0.15) is 12.8 Å². The van der Waals surface area contributed by atoms with E-state index in [-0.39, 0.29) is 11.7 Å². The van der Waals surface area contributed by atoms with E-state index >= 15 is 0 Å². The number of piperazine rings is 1. The minimum absolute atomic E-state index is 0.166. The number of carbonyl (C=O) groups is 1. The van der Waals surface area contributed by atoms with Crippen LogP contribution in [0.25, 0.3) is 0 Å². The Hall–Kier alpha value is -2.39. The van der Waals surface area contributed by atoms with Gasteiger partial charge in [-0.15, -0.1) is 0 Å². The van der Waals surface area contributed by atoms with Crippen molar-refractivity contribution in [3.05, 3.63) is 30.1 Å². The van der Waals surface area contributed by atoms with Gasteiger partial charge in [-0.25, -0.2) is 4.39 Å². The van der Waals surface area contributed by atoms with Gasteiger partial charge in [0.05, 0.1) is 13.2 Å². The lowest BCUT2D eigenvalue weighted by Crippen LogP contribution is -2.50. The van der Waals surface area contributed by atoms with Gasteiger partial charge in [0.2, 0.25) is 5.91 Å². The molecule has 3 heterocycles. The number of guanidine groups is 1. The molecule has 1 unspecified atom stereocenters. The number of morpholine rings is 1. The number of hydrogen-bond donors (Lipinski definition) is 1. The SMILES string of the molecule is CN=C(NCCC(=O)N1CCN(c2ccc(F)cc2)CC1)N1CCC(N2CCOCC2)C1. The van der Waals surface area contributed by atoms with E-state index in [1.54, 1.807) is 19.2 Å². The predicted molar refractivity (Wildman–Crippen MR) is 124 cm³/mol. The average molecular weight is 447 g/mol. The number of carbonyl (C=O) groups excluding carboxylic acids is 1. The molecule has 1 amide bonds. The Bertz CT molecular complexity index is 775. The number of nitrogens with zero attached hydrogens (tertiary/aromatic N) is 5. The second-order valence-corrected chi connectivity index (χ2v) is 8.61. The van der Waals surface area contributed by atoms with E-state index in [0.717, 1.165) is 70.6 Å². The molecule has 0 aliphatic carbocycles. The van der Waals surface area contributed by atoms with Crippen molar-refractivity contribution in [3.8, 4) is 0 Å². The van der Waals surface area contributed by atoms with Gasteiger partial charge in [0.1, 0.15) is 5.82 Å². The molecule has 8 nitrogen and oxygen atoms in total. The number of nitrogens with one attached hydrogen (secondary N) is 1. The number of likely N-dealkylation sites (tertiary alicyclic amines) is 1. The Morgan fingerprint density at radius 1 is 1.06 bits per heavy atom. The lowest BCUT2D eigenvalue weighted by molar-refractivity contribution is -0.131. The monoisotopic (exact) mass is 446 g/mol. The Morgan fingerprint density at radius 2 is 1.78 bits per heavy atom. The molecule has 9 heteroatoms. The number of anilines is 1. The van der Waals surface area contributed by atoms with Crippen molar-refractivity contribution in [2.45, 2.75) is 18.9 Å². The van der Waals surface area contributed by atoms with Crippen molar-refractivity contribution in [2.24, 2.45) is 4.99 Å². The molecule has 0 radical (unpaired) electrons. The molecule has 1 N–H and O–H groups in total. The van der Waals surface area contributed by atoms with Crippen molar-refractivity contribution in [2.75, 3.05) is 84.1 Å². The summed E-state index contributed by atoms with van der Waals surface area (Å²) in [6, 6.07) is 7.11. The van der Waals surface area contributed by atoms with Crippen LogP contribution in [0.3, 0.4) is 0 Å². The number of amides is 1. The molecular formula is C23H35FN6O2. The fourth-order valence-corrected chi connectivity index (χ4v) is 4.81. The summed E-state index contributed by atoms with van der Waals surface area (Å²) in [6.07, 6.45) is 1.59. The van der Waals surface area contributed by atoms with Crippen LogP contribution in [0, 0.1) is 5.82 Å². The number of ether oxygens (including phenoxy) is 1. The highest BCUT2D eigenvalue weighted by molar-refractivity contribution is 5.81. The van der Waals surface area contributed by atoms with Gasteiger partial charge in [-0.2, -0.15) is 0 Å². The zero-order chi connectivity index (χ0) is 22.3. The van der Waals surface area contributed by atoms with E-state index in [0.29, 0.717) is 32.1 Å². The van der Waals surface area contributed by atoms with Crippen molar-refractivity contribution in [3.63, 3.8) is 0 Å². The van der Waals surface area contributed by atoms with Crippen molar-refractivity contribution >= 4 is 17.6 Å². The number of halogens is 1. The molecule has 3 saturated heterocycles. The minimum Gasteiger partial charge on any atom is -0.379 e. The van der Waals surface area contributed by atoms with E-state index in [2.05, 4.69) is 25.0 Å². The van der Waals surface area contributed by atoms with Crippen LogP contribution in [0.2, 0.25) is 0 Å². The Labute approximate surface area is 190 Å². The molecule has 3 aliphatic rings. The third-order valence-corrected chi connectivity index (χ3v) is 6.68. The molecule has 0 bridgehead atoms. The van der Waals surface area contributed by atoms with Gasteiger partial charge in [0, 0.05) is 84.1 Å². The van der Waals surface area contributed by atoms with Crippen LogP contribution in [0.5, 0.6) is 0 Å². The van der Waals surface area contributed by atoms with Crippen LogP contribution in [-0.2, 0) is 9.53 Å². The normalized spacial score (nSPS) is 23.0. The maximum Gasteiger partial charge on any atom is 0.224 e. The predicted octanol–water partition coefficient (Wildman–Crippen LogP) is 0.846. The highest BCUT2D eigenvalue weighted by Gasteiger charge is 2.30. The maximum absolute atomic E-state index is 13.1. The Kier molecular flexibility index (Phi) is 7.81. The van der Waals surface area contributed by atoms with Crippen LogP contribution >= 0.6 is 0 Å². The number of hydrogen-bond acceptors (Lipinski definition) is 5. The first-order valence-electron chi connectivity index (χ1n) is 11.7. The van der Waals surface area contributed by atoms with Gasteiger partial charge in [-0.05, 0) is 30.7 Å². The molecule has 1 aromatic carbocycles. The topological polar surface area (TPSA) is 63.7 Å². The van der Waals surface area contributed by atoms with E-state index < -0.39 is 0 Å². The number of aliphatic imine (C=N–C) groups is 1. The third kappa shape index (κ3) is 5.69. The molecular weight excluding hydrogens is 411 g/mol. The zero-order valence-electron chi connectivity index (χ0n) is 19.0. The van der Waals surface area contributed by atoms with E-state index in [1.165, 1.54) is 12.1 Å². The highest BCUT2D eigenvalue weighted by atomic mass is 19.1. The van der Waals surface area contributed by atoms with Crippen molar-refractivity contribution in [1.29, 1.82) is 0 Å². The molecule has 0 spiro atoms. The molecule has 3 aliphatic heterocycles.